The Kier molecular flexibility index (Phi) is 14.8. The largest absolute Gasteiger partial charge is 2.00 e. The molecule has 0 saturated heterocycles. The molecule has 4 rings (SSSR count). The van der Waals surface area contributed by atoms with Gasteiger partial charge in [0.25, 0.3) is 0 Å². The minimum absolute atomic E-state index is 0. The average molecular weight is 578 g/mol. The molecule has 0 radical (unpaired) electrons. The summed E-state index contributed by atoms with van der Waals surface area (Å²) in [5.41, 5.74) is 7.50. The first-order valence-corrected chi connectivity index (χ1v) is 12.6. The van der Waals surface area contributed by atoms with Crippen molar-refractivity contribution < 1.29 is 36.4 Å². The summed E-state index contributed by atoms with van der Waals surface area (Å²) in [6.07, 6.45) is 0. The van der Waals surface area contributed by atoms with Gasteiger partial charge in [0.05, 0.1) is 0 Å². The van der Waals surface area contributed by atoms with Crippen LogP contribution >= 0.6 is 0 Å². The Hall–Kier alpha value is -2.38. The van der Waals surface area contributed by atoms with Gasteiger partial charge < -0.3 is 10.2 Å². The molecule has 198 valence electrons. The molecular weight excluding hydrogens is 532 g/mol. The fraction of sp³-hybridized carbons (Fsp3) is 0.353. The van der Waals surface area contributed by atoms with Gasteiger partial charge in [-0.1, -0.05) is 106 Å². The molecule has 2 N–H and O–H groups in total. The molecule has 0 aliphatic carbocycles. The van der Waals surface area contributed by atoms with E-state index in [1.54, 1.807) is 12.1 Å². The van der Waals surface area contributed by atoms with Gasteiger partial charge in [-0.05, 0) is 34.1 Å². The summed E-state index contributed by atoms with van der Waals surface area (Å²) >= 11 is 0. The number of aryl methyl sites for hydroxylation is 4. The minimum Gasteiger partial charge on any atom is -0.508 e. The molecule has 0 unspecified atom stereocenters. The van der Waals surface area contributed by atoms with E-state index in [1.807, 2.05) is 36.4 Å². The molecule has 0 saturated carbocycles. The molecule has 0 spiro atoms. The first kappa shape index (κ1) is 34.6. The standard InChI is InChI=1S/2C10H14O.2C7H9.Zr/c2*1-10(2,3)8-6-4-5-7-9(8)11;2*1-6-3-4-7(2)5-6;/h2*4-7,11H,1-3H3;2*3-5H,1-2H3;/q;;2*-1;+2. The third kappa shape index (κ3) is 13.7. The fourth-order valence-corrected chi connectivity index (χ4v) is 3.65. The fourth-order valence-electron chi connectivity index (χ4n) is 3.65. The van der Waals surface area contributed by atoms with Crippen molar-refractivity contribution in [3.8, 4) is 11.5 Å². The Morgan fingerprint density at radius 2 is 0.838 bits per heavy atom. The Labute approximate surface area is 245 Å². The summed E-state index contributed by atoms with van der Waals surface area (Å²) in [6, 6.07) is 27.7. The van der Waals surface area contributed by atoms with Crippen LogP contribution in [0.25, 0.3) is 0 Å². The van der Waals surface area contributed by atoms with Crippen LogP contribution < -0.4 is 0 Å². The van der Waals surface area contributed by atoms with E-state index in [0.717, 1.165) is 11.1 Å². The summed E-state index contributed by atoms with van der Waals surface area (Å²) in [5.74, 6) is 0.778. The van der Waals surface area contributed by atoms with E-state index in [4.69, 9.17) is 0 Å². The number of phenolic OH excluding ortho intramolecular Hbond substituents is 2. The van der Waals surface area contributed by atoms with Crippen molar-refractivity contribution in [1.82, 2.24) is 0 Å². The van der Waals surface area contributed by atoms with Crippen molar-refractivity contribution in [2.75, 3.05) is 0 Å². The molecule has 0 aliphatic heterocycles. The zero-order valence-electron chi connectivity index (χ0n) is 24.5. The number of hydrogen-bond acceptors (Lipinski definition) is 2. The maximum absolute atomic E-state index is 9.45. The van der Waals surface area contributed by atoms with Gasteiger partial charge >= 0.3 is 26.2 Å². The molecule has 0 fully saturated rings. The molecule has 0 aromatic heterocycles. The maximum Gasteiger partial charge on any atom is 2.00 e. The summed E-state index contributed by atoms with van der Waals surface area (Å²) in [4.78, 5) is 0. The van der Waals surface area contributed by atoms with E-state index in [1.165, 1.54) is 22.3 Å². The second-order valence-corrected chi connectivity index (χ2v) is 11.5. The van der Waals surface area contributed by atoms with Crippen LogP contribution in [0.2, 0.25) is 0 Å². The molecule has 37 heavy (non-hydrogen) atoms. The van der Waals surface area contributed by atoms with Crippen molar-refractivity contribution >= 4 is 0 Å². The Morgan fingerprint density at radius 1 is 0.541 bits per heavy atom. The van der Waals surface area contributed by atoms with Gasteiger partial charge in [-0.3, -0.25) is 0 Å². The Morgan fingerprint density at radius 3 is 0.973 bits per heavy atom. The third-order valence-corrected chi connectivity index (χ3v) is 5.55. The van der Waals surface area contributed by atoms with Crippen molar-refractivity contribution in [3.63, 3.8) is 0 Å². The molecule has 0 aliphatic rings. The van der Waals surface area contributed by atoms with Gasteiger partial charge in [0.1, 0.15) is 11.5 Å². The van der Waals surface area contributed by atoms with Crippen LogP contribution in [-0.4, -0.2) is 10.2 Å². The molecule has 2 nitrogen and oxygen atoms in total. The number of rotatable bonds is 0. The van der Waals surface area contributed by atoms with E-state index < -0.39 is 0 Å². The van der Waals surface area contributed by atoms with E-state index in [2.05, 4.69) is 106 Å². The van der Waals surface area contributed by atoms with Crippen molar-refractivity contribution in [2.24, 2.45) is 0 Å². The molecule has 0 amide bonds. The van der Waals surface area contributed by atoms with Gasteiger partial charge in [-0.15, -0.1) is 0 Å². The number of hydrogen-bond donors (Lipinski definition) is 2. The summed E-state index contributed by atoms with van der Waals surface area (Å²) in [7, 11) is 0. The van der Waals surface area contributed by atoms with E-state index >= 15 is 0 Å². The molecule has 4 aromatic rings. The SMILES string of the molecule is CC(C)(C)c1ccccc1O.CC(C)(C)c1ccccc1O.Cc1cc[c-](C)c1.Cc1cc[c-](C)c1.[Zr+2]. The molecular formula is C34H46O2Zr. The van der Waals surface area contributed by atoms with Crippen LogP contribution in [0.4, 0.5) is 0 Å². The summed E-state index contributed by atoms with van der Waals surface area (Å²) in [6.45, 7) is 20.9. The van der Waals surface area contributed by atoms with Crippen molar-refractivity contribution in [1.29, 1.82) is 0 Å². The average Bonchev–Trinajstić information content (AvgIpc) is 3.34. The second-order valence-electron chi connectivity index (χ2n) is 11.5. The van der Waals surface area contributed by atoms with Crippen molar-refractivity contribution in [3.05, 3.63) is 118 Å². The predicted molar refractivity (Wildman–Crippen MR) is 157 cm³/mol. The van der Waals surface area contributed by atoms with Gasteiger partial charge in [0.15, 0.2) is 0 Å². The van der Waals surface area contributed by atoms with E-state index in [9.17, 15) is 10.2 Å². The second kappa shape index (κ2) is 15.8. The zero-order chi connectivity index (χ0) is 27.5. The summed E-state index contributed by atoms with van der Waals surface area (Å²) < 4.78 is 0. The van der Waals surface area contributed by atoms with Gasteiger partial charge in [-0.25, -0.2) is 23.3 Å². The van der Waals surface area contributed by atoms with Crippen LogP contribution in [0, 0.1) is 27.7 Å². The molecule has 0 atom stereocenters. The number of aromatic hydroxyl groups is 2. The Balaban J connectivity index is 0.000000473. The Bertz CT molecular complexity index is 1040. The van der Waals surface area contributed by atoms with Gasteiger partial charge in [0, 0.05) is 0 Å². The quantitative estimate of drug-likeness (QED) is 0.204. The number of benzene rings is 2. The number of phenols is 2. The minimum atomic E-state index is 0. The predicted octanol–water partition coefficient (Wildman–Crippen LogP) is 9.42. The first-order chi connectivity index (χ1) is 16.6. The molecule has 3 heteroatoms. The van der Waals surface area contributed by atoms with Crippen LogP contribution in [0.3, 0.4) is 0 Å². The molecule has 0 heterocycles. The van der Waals surface area contributed by atoms with E-state index in [0.29, 0.717) is 11.5 Å². The maximum atomic E-state index is 9.45. The monoisotopic (exact) mass is 576 g/mol. The van der Waals surface area contributed by atoms with Crippen molar-refractivity contribution in [2.45, 2.75) is 80.1 Å². The normalized spacial score (nSPS) is 10.4. The van der Waals surface area contributed by atoms with Crippen LogP contribution in [0.15, 0.2) is 84.9 Å². The van der Waals surface area contributed by atoms with E-state index in [-0.39, 0.29) is 37.0 Å². The van der Waals surface area contributed by atoms with Crippen LogP contribution in [-0.2, 0) is 37.0 Å². The smallest absolute Gasteiger partial charge is 0.508 e. The number of para-hydroxylation sites is 2. The van der Waals surface area contributed by atoms with Gasteiger partial charge in [0.2, 0.25) is 0 Å². The molecule has 4 aromatic carbocycles. The van der Waals surface area contributed by atoms with Crippen LogP contribution in [0.1, 0.15) is 74.9 Å². The topological polar surface area (TPSA) is 40.5 Å². The van der Waals surface area contributed by atoms with Gasteiger partial charge in [-0.2, -0.15) is 35.4 Å². The molecule has 0 bridgehead atoms. The summed E-state index contributed by atoms with van der Waals surface area (Å²) in [5, 5.41) is 18.9. The first-order valence-electron chi connectivity index (χ1n) is 12.6. The van der Waals surface area contributed by atoms with Crippen LogP contribution in [0.5, 0.6) is 11.5 Å². The zero-order valence-corrected chi connectivity index (χ0v) is 26.9. The third-order valence-electron chi connectivity index (χ3n) is 5.55.